The van der Waals surface area contributed by atoms with Crippen LogP contribution in [0.2, 0.25) is 0 Å². The van der Waals surface area contributed by atoms with Crippen molar-refractivity contribution in [3.8, 4) is 0 Å². The molecule has 1 aromatic carbocycles. The van der Waals surface area contributed by atoms with Gasteiger partial charge < -0.3 is 4.74 Å². The molecule has 70 valence electrons. The van der Waals surface area contributed by atoms with E-state index in [1.54, 1.807) is 6.26 Å². The molecule has 1 nitrogen and oxygen atoms in total. The molecule has 0 amide bonds. The first-order chi connectivity index (χ1) is 6.92. The van der Waals surface area contributed by atoms with Crippen LogP contribution in [0.4, 0.5) is 0 Å². The van der Waals surface area contributed by atoms with Gasteiger partial charge in [0.25, 0.3) is 0 Å². The van der Waals surface area contributed by atoms with Crippen LogP contribution < -0.4 is 0 Å². The predicted octanol–water partition coefficient (Wildman–Crippen LogP) is 3.38. The highest BCUT2D eigenvalue weighted by atomic mass is 16.5. The van der Waals surface area contributed by atoms with Crippen molar-refractivity contribution in [1.82, 2.24) is 0 Å². The van der Waals surface area contributed by atoms with Crippen molar-refractivity contribution in [3.05, 3.63) is 72.5 Å². The smallest absolute Gasteiger partial charge is 0.148 e. The summed E-state index contributed by atoms with van der Waals surface area (Å²) in [6, 6.07) is 10.1. The van der Waals surface area contributed by atoms with Gasteiger partial charge in [0.05, 0.1) is 6.26 Å². The first-order valence-electron chi connectivity index (χ1n) is 4.61. The minimum Gasteiger partial charge on any atom is -0.489 e. The Labute approximate surface area is 84.0 Å². The Morgan fingerprint density at radius 3 is 2.71 bits per heavy atom. The maximum atomic E-state index is 5.55. The Morgan fingerprint density at radius 2 is 2.00 bits per heavy atom. The van der Waals surface area contributed by atoms with Gasteiger partial charge in [0, 0.05) is 0 Å². The molecule has 0 fully saturated rings. The van der Waals surface area contributed by atoms with Crippen LogP contribution in [0.25, 0.3) is 0 Å². The molecule has 0 saturated heterocycles. The van der Waals surface area contributed by atoms with Crippen LogP contribution in [0.5, 0.6) is 0 Å². The molecule has 1 aromatic rings. The van der Waals surface area contributed by atoms with Crippen LogP contribution in [0.1, 0.15) is 11.7 Å². The Morgan fingerprint density at radius 1 is 1.21 bits per heavy atom. The van der Waals surface area contributed by atoms with Gasteiger partial charge in [0.1, 0.15) is 6.10 Å². The molecule has 0 spiro atoms. The molecule has 1 aliphatic rings. The summed E-state index contributed by atoms with van der Waals surface area (Å²) in [6.45, 7) is 3.78. The van der Waals surface area contributed by atoms with Gasteiger partial charge >= 0.3 is 0 Å². The van der Waals surface area contributed by atoms with Crippen molar-refractivity contribution >= 4 is 0 Å². The molecule has 1 heteroatoms. The third-order valence-electron chi connectivity index (χ3n) is 2.22. The molecule has 1 aliphatic heterocycles. The lowest BCUT2D eigenvalue weighted by Crippen LogP contribution is -2.05. The van der Waals surface area contributed by atoms with Crippen LogP contribution in [0.15, 0.2) is 67.0 Å². The number of hydrogen-bond donors (Lipinski definition) is 0. The minimum atomic E-state index is -0.00120. The van der Waals surface area contributed by atoms with Crippen molar-refractivity contribution in [2.75, 3.05) is 0 Å². The van der Waals surface area contributed by atoms with E-state index in [0.29, 0.717) is 0 Å². The van der Waals surface area contributed by atoms with Gasteiger partial charge in [-0.1, -0.05) is 49.1 Å². The molecule has 0 saturated carbocycles. The molecule has 1 heterocycles. The van der Waals surface area contributed by atoms with E-state index in [9.17, 15) is 0 Å². The zero-order chi connectivity index (χ0) is 9.80. The summed E-state index contributed by atoms with van der Waals surface area (Å²) >= 11 is 0. The van der Waals surface area contributed by atoms with E-state index in [-0.39, 0.29) is 6.10 Å². The number of benzene rings is 1. The molecule has 0 radical (unpaired) electrons. The molecule has 2 rings (SSSR count). The molecule has 14 heavy (non-hydrogen) atoms. The van der Waals surface area contributed by atoms with E-state index in [1.165, 1.54) is 0 Å². The van der Waals surface area contributed by atoms with Gasteiger partial charge in [-0.05, 0) is 17.2 Å². The second-order valence-corrected chi connectivity index (χ2v) is 3.13. The van der Waals surface area contributed by atoms with Gasteiger partial charge in [-0.3, -0.25) is 0 Å². The summed E-state index contributed by atoms with van der Waals surface area (Å²) in [6.07, 6.45) is 7.45. The number of hydrogen-bond acceptors (Lipinski definition) is 1. The molecule has 0 bridgehead atoms. The highest BCUT2D eigenvalue weighted by Gasteiger charge is 2.15. The molecule has 1 unspecified atom stereocenters. The lowest BCUT2D eigenvalue weighted by molar-refractivity contribution is 0.178. The molecule has 0 aromatic heterocycles. The van der Waals surface area contributed by atoms with E-state index < -0.39 is 0 Å². The zero-order valence-electron chi connectivity index (χ0n) is 7.89. The lowest BCUT2D eigenvalue weighted by Gasteiger charge is -2.20. The van der Waals surface area contributed by atoms with Gasteiger partial charge in [-0.25, -0.2) is 0 Å². The van der Waals surface area contributed by atoms with Gasteiger partial charge in [-0.15, -0.1) is 0 Å². The lowest BCUT2D eigenvalue weighted by atomic mass is 10.0. The van der Waals surface area contributed by atoms with Crippen molar-refractivity contribution < 1.29 is 4.74 Å². The number of allylic oxidation sites excluding steroid dienone is 2. The highest BCUT2D eigenvalue weighted by molar-refractivity contribution is 5.35. The average Bonchev–Trinajstić information content (AvgIpc) is 2.30. The largest absolute Gasteiger partial charge is 0.489 e. The second-order valence-electron chi connectivity index (χ2n) is 3.13. The predicted molar refractivity (Wildman–Crippen MR) is 57.7 cm³/mol. The average molecular weight is 184 g/mol. The standard InChI is InChI=1S/C13H12O/c1-2-11-9-6-10-14-13(11)12-7-4-3-5-8-12/h2-10,13H,1H2. The fourth-order valence-electron chi connectivity index (χ4n) is 1.51. The highest BCUT2D eigenvalue weighted by Crippen LogP contribution is 2.28. The Bertz CT molecular complexity index is 373. The quantitative estimate of drug-likeness (QED) is 0.684. The topological polar surface area (TPSA) is 9.23 Å². The first-order valence-corrected chi connectivity index (χ1v) is 4.61. The maximum absolute atomic E-state index is 5.55. The fraction of sp³-hybridized carbons (Fsp3) is 0.0769. The van der Waals surface area contributed by atoms with Crippen LogP contribution in [0.3, 0.4) is 0 Å². The summed E-state index contributed by atoms with van der Waals surface area (Å²) in [5, 5.41) is 0. The first kappa shape index (κ1) is 8.82. The van der Waals surface area contributed by atoms with Gasteiger partial charge in [0.2, 0.25) is 0 Å². The maximum Gasteiger partial charge on any atom is 0.148 e. The number of rotatable bonds is 2. The fourth-order valence-corrected chi connectivity index (χ4v) is 1.51. The summed E-state index contributed by atoms with van der Waals surface area (Å²) in [5.41, 5.74) is 2.25. The van der Waals surface area contributed by atoms with Crippen LogP contribution in [-0.4, -0.2) is 0 Å². The Kier molecular flexibility index (Phi) is 2.50. The van der Waals surface area contributed by atoms with E-state index >= 15 is 0 Å². The summed E-state index contributed by atoms with van der Waals surface area (Å²) in [7, 11) is 0. The third kappa shape index (κ3) is 1.62. The van der Waals surface area contributed by atoms with Crippen LogP contribution >= 0.6 is 0 Å². The zero-order valence-corrected chi connectivity index (χ0v) is 7.89. The summed E-state index contributed by atoms with van der Waals surface area (Å²) in [5.74, 6) is 0. The van der Waals surface area contributed by atoms with Crippen LogP contribution in [0, 0.1) is 0 Å². The molecule has 1 atom stereocenters. The Hall–Kier alpha value is -1.76. The van der Waals surface area contributed by atoms with Crippen molar-refractivity contribution in [2.24, 2.45) is 0 Å². The third-order valence-corrected chi connectivity index (χ3v) is 2.22. The van der Waals surface area contributed by atoms with E-state index in [1.807, 2.05) is 36.4 Å². The second kappa shape index (κ2) is 3.97. The summed E-state index contributed by atoms with van der Waals surface area (Å²) in [4.78, 5) is 0. The van der Waals surface area contributed by atoms with Crippen molar-refractivity contribution in [2.45, 2.75) is 6.10 Å². The molecular formula is C13H12O. The van der Waals surface area contributed by atoms with Crippen molar-refractivity contribution in [3.63, 3.8) is 0 Å². The normalized spacial score (nSPS) is 19.7. The van der Waals surface area contributed by atoms with E-state index in [0.717, 1.165) is 11.1 Å². The molecular weight excluding hydrogens is 172 g/mol. The molecule has 0 N–H and O–H groups in total. The van der Waals surface area contributed by atoms with Crippen LogP contribution in [-0.2, 0) is 4.74 Å². The SMILES string of the molecule is C=CC1=CC=COC1c1ccccc1. The van der Waals surface area contributed by atoms with Crippen molar-refractivity contribution in [1.29, 1.82) is 0 Å². The summed E-state index contributed by atoms with van der Waals surface area (Å²) < 4.78 is 5.55. The van der Waals surface area contributed by atoms with Gasteiger partial charge in [0.15, 0.2) is 0 Å². The molecule has 0 aliphatic carbocycles. The monoisotopic (exact) mass is 184 g/mol. The number of ether oxygens (including phenoxy) is 1. The minimum absolute atomic E-state index is 0.00120. The van der Waals surface area contributed by atoms with E-state index in [4.69, 9.17) is 4.74 Å². The Balaban J connectivity index is 2.32. The van der Waals surface area contributed by atoms with E-state index in [2.05, 4.69) is 18.7 Å². The van der Waals surface area contributed by atoms with Gasteiger partial charge in [-0.2, -0.15) is 0 Å².